The number of rotatable bonds is 6. The fourth-order valence-electron chi connectivity index (χ4n) is 1.45. The summed E-state index contributed by atoms with van der Waals surface area (Å²) in [5.74, 6) is -2.74. The van der Waals surface area contributed by atoms with Crippen LogP contribution in [0.4, 0.5) is 8.78 Å². The van der Waals surface area contributed by atoms with Crippen LogP contribution in [0, 0.1) is 0 Å². The molecular weight excluding hydrogens is 236 g/mol. The first-order valence-electron chi connectivity index (χ1n) is 5.35. The van der Waals surface area contributed by atoms with Gasteiger partial charge in [-0.15, -0.1) is 0 Å². The summed E-state index contributed by atoms with van der Waals surface area (Å²) in [5.41, 5.74) is 0. The van der Waals surface area contributed by atoms with Gasteiger partial charge in [0.05, 0.1) is 6.42 Å². The van der Waals surface area contributed by atoms with Crippen molar-refractivity contribution >= 4 is 17.7 Å². The smallest absolute Gasteiger partial charge is 0.377 e. The van der Waals surface area contributed by atoms with Crippen molar-refractivity contribution in [3.05, 3.63) is 0 Å². The molecule has 1 fully saturated rings. The molecule has 0 amide bonds. The van der Waals surface area contributed by atoms with Crippen LogP contribution in [0.5, 0.6) is 0 Å². The van der Waals surface area contributed by atoms with Crippen molar-refractivity contribution in [3.8, 4) is 0 Å². The average molecular weight is 253 g/mol. The molecule has 1 heterocycles. The molecule has 0 aliphatic carbocycles. The predicted molar refractivity (Wildman–Crippen MR) is 59.9 cm³/mol. The van der Waals surface area contributed by atoms with Crippen molar-refractivity contribution < 1.29 is 18.3 Å². The second-order valence-corrected chi connectivity index (χ2v) is 5.22. The molecule has 1 aliphatic rings. The monoisotopic (exact) mass is 253 g/mol. The van der Waals surface area contributed by atoms with Crippen molar-refractivity contribution in [2.45, 2.75) is 38.3 Å². The molecule has 0 aromatic carbocycles. The maximum Gasteiger partial charge on any atom is 0.377 e. The normalized spacial score (nSPS) is 25.5. The lowest BCUT2D eigenvalue weighted by Gasteiger charge is -2.15. The van der Waals surface area contributed by atoms with Gasteiger partial charge in [-0.2, -0.15) is 20.5 Å². The topological polar surface area (TPSA) is 38.3 Å². The summed E-state index contributed by atoms with van der Waals surface area (Å²) in [5, 5.41) is 3.09. The van der Waals surface area contributed by atoms with E-state index in [9.17, 15) is 13.6 Å². The molecule has 1 saturated heterocycles. The zero-order valence-corrected chi connectivity index (χ0v) is 10.3. The third kappa shape index (κ3) is 3.90. The molecule has 16 heavy (non-hydrogen) atoms. The maximum absolute atomic E-state index is 12.8. The van der Waals surface area contributed by atoms with E-state index >= 15 is 0 Å². The molecule has 0 radical (unpaired) electrons. The van der Waals surface area contributed by atoms with Crippen molar-refractivity contribution in [2.24, 2.45) is 0 Å². The van der Waals surface area contributed by atoms with Gasteiger partial charge in [-0.3, -0.25) is 0 Å². The van der Waals surface area contributed by atoms with Gasteiger partial charge in [0.2, 0.25) is 0 Å². The predicted octanol–water partition coefficient (Wildman–Crippen LogP) is 1.67. The maximum atomic E-state index is 12.8. The van der Waals surface area contributed by atoms with Crippen molar-refractivity contribution in [1.82, 2.24) is 5.32 Å². The van der Waals surface area contributed by atoms with E-state index in [1.807, 2.05) is 6.92 Å². The number of nitrogens with one attached hydrogen (secondary N) is 1. The van der Waals surface area contributed by atoms with Crippen LogP contribution >= 0.6 is 11.8 Å². The molecule has 2 unspecified atom stereocenters. The SMILES string of the molecule is CCSCC(C)NCC1CC(F)(F)C(=O)O1. The highest BCUT2D eigenvalue weighted by Crippen LogP contribution is 2.30. The molecule has 0 bridgehead atoms. The second kappa shape index (κ2) is 5.82. The minimum atomic E-state index is -3.30. The highest BCUT2D eigenvalue weighted by molar-refractivity contribution is 7.99. The van der Waals surface area contributed by atoms with E-state index < -0.39 is 24.4 Å². The highest BCUT2D eigenvalue weighted by atomic mass is 32.2. The average Bonchev–Trinajstić information content (AvgIpc) is 2.47. The van der Waals surface area contributed by atoms with E-state index in [4.69, 9.17) is 0 Å². The molecular formula is C10H17F2NO2S. The minimum Gasteiger partial charge on any atom is -0.456 e. The molecule has 94 valence electrons. The van der Waals surface area contributed by atoms with Crippen molar-refractivity contribution in [2.75, 3.05) is 18.1 Å². The first kappa shape index (κ1) is 13.7. The van der Waals surface area contributed by atoms with Crippen LogP contribution < -0.4 is 5.32 Å². The third-order valence-electron chi connectivity index (χ3n) is 2.32. The lowest BCUT2D eigenvalue weighted by atomic mass is 10.2. The molecule has 2 atom stereocenters. The van der Waals surface area contributed by atoms with Gasteiger partial charge < -0.3 is 10.1 Å². The van der Waals surface area contributed by atoms with Gasteiger partial charge in [0.15, 0.2) is 0 Å². The van der Waals surface area contributed by atoms with E-state index in [0.717, 1.165) is 11.5 Å². The van der Waals surface area contributed by atoms with Gasteiger partial charge >= 0.3 is 11.9 Å². The Morgan fingerprint density at radius 1 is 1.69 bits per heavy atom. The van der Waals surface area contributed by atoms with E-state index in [-0.39, 0.29) is 6.04 Å². The number of ether oxygens (including phenoxy) is 1. The number of hydrogen-bond donors (Lipinski definition) is 1. The minimum absolute atomic E-state index is 0.234. The number of carbonyl (C=O) groups excluding carboxylic acids is 1. The van der Waals surface area contributed by atoms with Crippen molar-refractivity contribution in [3.63, 3.8) is 0 Å². The molecule has 6 heteroatoms. The Morgan fingerprint density at radius 2 is 2.38 bits per heavy atom. The quantitative estimate of drug-likeness (QED) is 0.731. The van der Waals surface area contributed by atoms with Crippen LogP contribution in [-0.2, 0) is 9.53 Å². The molecule has 0 spiro atoms. The lowest BCUT2D eigenvalue weighted by molar-refractivity contribution is -0.159. The molecule has 0 saturated carbocycles. The van der Waals surface area contributed by atoms with Crippen molar-refractivity contribution in [1.29, 1.82) is 0 Å². The van der Waals surface area contributed by atoms with Gasteiger partial charge in [0.25, 0.3) is 0 Å². The number of thioether (sulfide) groups is 1. The van der Waals surface area contributed by atoms with Gasteiger partial charge in [0.1, 0.15) is 6.10 Å². The van der Waals surface area contributed by atoms with E-state index in [2.05, 4.69) is 17.0 Å². The van der Waals surface area contributed by atoms with E-state index in [1.165, 1.54) is 0 Å². The van der Waals surface area contributed by atoms with E-state index in [1.54, 1.807) is 11.8 Å². The molecule has 3 nitrogen and oxygen atoms in total. The summed E-state index contributed by atoms with van der Waals surface area (Å²) in [6.07, 6.45) is -1.21. The summed E-state index contributed by atoms with van der Waals surface area (Å²) >= 11 is 1.78. The zero-order valence-electron chi connectivity index (χ0n) is 9.46. The van der Waals surface area contributed by atoms with Crippen LogP contribution in [0.15, 0.2) is 0 Å². The van der Waals surface area contributed by atoms with Gasteiger partial charge in [-0.25, -0.2) is 4.79 Å². The highest BCUT2D eigenvalue weighted by Gasteiger charge is 2.50. The molecule has 0 aromatic rings. The van der Waals surface area contributed by atoms with Crippen LogP contribution in [0.3, 0.4) is 0 Å². The number of alkyl halides is 2. The third-order valence-corrected chi connectivity index (χ3v) is 3.47. The number of cyclic esters (lactones) is 1. The fraction of sp³-hybridized carbons (Fsp3) is 0.900. The van der Waals surface area contributed by atoms with Gasteiger partial charge in [-0.05, 0) is 12.7 Å². The van der Waals surface area contributed by atoms with Crippen LogP contribution in [-0.4, -0.2) is 42.1 Å². The Morgan fingerprint density at radius 3 is 2.88 bits per heavy atom. The second-order valence-electron chi connectivity index (χ2n) is 3.90. The zero-order chi connectivity index (χ0) is 12.2. The van der Waals surface area contributed by atoms with Crippen LogP contribution in [0.25, 0.3) is 0 Å². The largest absolute Gasteiger partial charge is 0.456 e. The number of esters is 1. The summed E-state index contributed by atoms with van der Waals surface area (Å²) < 4.78 is 30.2. The number of halogens is 2. The fourth-order valence-corrected chi connectivity index (χ4v) is 2.16. The standard InChI is InChI=1S/C10H17F2NO2S/c1-3-16-6-7(2)13-5-8-4-10(11,12)9(14)15-8/h7-8,13H,3-6H2,1-2H3. The van der Waals surface area contributed by atoms with Crippen LogP contribution in [0.2, 0.25) is 0 Å². The first-order chi connectivity index (χ1) is 7.45. The van der Waals surface area contributed by atoms with Gasteiger partial charge in [0, 0.05) is 18.3 Å². The molecule has 1 aliphatic heterocycles. The number of hydrogen-bond acceptors (Lipinski definition) is 4. The molecule has 0 aromatic heterocycles. The Labute approximate surface area is 98.3 Å². The Hall–Kier alpha value is -0.360. The first-order valence-corrected chi connectivity index (χ1v) is 6.51. The summed E-state index contributed by atoms with van der Waals surface area (Å²) in [6.45, 7) is 4.35. The molecule has 1 N–H and O–H groups in total. The lowest BCUT2D eigenvalue weighted by Crippen LogP contribution is -2.35. The van der Waals surface area contributed by atoms with Gasteiger partial charge in [-0.1, -0.05) is 6.92 Å². The Kier molecular flexibility index (Phi) is 4.98. The number of carbonyl (C=O) groups is 1. The van der Waals surface area contributed by atoms with Crippen LogP contribution in [0.1, 0.15) is 20.3 Å². The summed E-state index contributed by atoms with van der Waals surface area (Å²) in [4.78, 5) is 10.7. The summed E-state index contributed by atoms with van der Waals surface area (Å²) in [7, 11) is 0. The van der Waals surface area contributed by atoms with E-state index in [0.29, 0.717) is 6.54 Å². The Balaban J connectivity index is 2.22. The molecule has 1 rings (SSSR count). The summed E-state index contributed by atoms with van der Waals surface area (Å²) in [6, 6.07) is 0.234. The Bertz CT molecular complexity index is 251.